The third-order valence-electron chi connectivity index (χ3n) is 4.54. The van der Waals surface area contributed by atoms with Gasteiger partial charge in [0.25, 0.3) is 5.91 Å². The van der Waals surface area contributed by atoms with Crippen LogP contribution in [0.1, 0.15) is 46.0 Å². The van der Waals surface area contributed by atoms with Gasteiger partial charge in [-0.15, -0.1) is 0 Å². The summed E-state index contributed by atoms with van der Waals surface area (Å²) in [5, 5.41) is 5.65. The number of urea groups is 1. The van der Waals surface area contributed by atoms with Gasteiger partial charge >= 0.3 is 6.03 Å². The zero-order valence-corrected chi connectivity index (χ0v) is 13.4. The van der Waals surface area contributed by atoms with E-state index in [1.54, 1.807) is 13.8 Å². The third kappa shape index (κ3) is 3.58. The zero-order valence-electron chi connectivity index (χ0n) is 13.4. The summed E-state index contributed by atoms with van der Waals surface area (Å²) in [6, 6.07) is -0.206. The Kier molecular flexibility index (Phi) is 5.05. The zero-order chi connectivity index (χ0) is 16.3. The number of carbonyl (C=O) groups excluding carboxylic acids is 3. The van der Waals surface area contributed by atoms with E-state index in [1.165, 1.54) is 4.90 Å². The van der Waals surface area contributed by atoms with Crippen molar-refractivity contribution in [2.24, 2.45) is 11.7 Å². The number of nitrogens with zero attached hydrogens (tertiary/aromatic N) is 1. The number of hydrogen-bond donors (Lipinski definition) is 3. The summed E-state index contributed by atoms with van der Waals surface area (Å²) in [5.41, 5.74) is 4.85. The highest BCUT2D eigenvalue weighted by molar-refractivity contribution is 6.06. The molecule has 22 heavy (non-hydrogen) atoms. The van der Waals surface area contributed by atoms with Crippen LogP contribution in [0.15, 0.2) is 0 Å². The molecule has 7 nitrogen and oxygen atoms in total. The molecule has 0 spiro atoms. The largest absolute Gasteiger partial charge is 0.353 e. The Hall–Kier alpha value is -1.63. The Morgan fingerprint density at radius 2 is 2.14 bits per heavy atom. The molecule has 4 N–H and O–H groups in total. The van der Waals surface area contributed by atoms with Gasteiger partial charge in [0.2, 0.25) is 5.91 Å². The molecule has 1 aliphatic carbocycles. The van der Waals surface area contributed by atoms with Crippen LogP contribution < -0.4 is 16.4 Å². The number of nitrogens with two attached hydrogens (primary N) is 1. The maximum absolute atomic E-state index is 12.0. The molecule has 4 amide bonds. The molecule has 0 radical (unpaired) electrons. The first-order chi connectivity index (χ1) is 10.3. The molecule has 2 aliphatic rings. The summed E-state index contributed by atoms with van der Waals surface area (Å²) < 4.78 is 0. The van der Waals surface area contributed by atoms with Crippen molar-refractivity contribution in [1.82, 2.24) is 15.5 Å². The Bertz CT molecular complexity index is 464. The highest BCUT2D eigenvalue weighted by atomic mass is 16.2. The van der Waals surface area contributed by atoms with Gasteiger partial charge < -0.3 is 16.4 Å². The van der Waals surface area contributed by atoms with Gasteiger partial charge in [-0.1, -0.05) is 6.42 Å². The second-order valence-electron chi connectivity index (χ2n) is 6.72. The van der Waals surface area contributed by atoms with Crippen molar-refractivity contribution in [3.8, 4) is 0 Å². The minimum Gasteiger partial charge on any atom is -0.353 e. The first-order valence-corrected chi connectivity index (χ1v) is 7.98. The van der Waals surface area contributed by atoms with Crippen molar-refractivity contribution >= 4 is 17.8 Å². The molecule has 2 unspecified atom stereocenters. The highest BCUT2D eigenvalue weighted by Gasteiger charge is 2.43. The lowest BCUT2D eigenvalue weighted by molar-refractivity contribution is -0.130. The van der Waals surface area contributed by atoms with E-state index in [2.05, 4.69) is 10.6 Å². The Morgan fingerprint density at radius 1 is 1.41 bits per heavy atom. The van der Waals surface area contributed by atoms with E-state index >= 15 is 0 Å². The first-order valence-electron chi connectivity index (χ1n) is 7.98. The molecular formula is C15H26N4O3. The maximum Gasteiger partial charge on any atom is 0.325 e. The lowest BCUT2D eigenvalue weighted by Gasteiger charge is -2.20. The van der Waals surface area contributed by atoms with Crippen LogP contribution in [-0.4, -0.2) is 47.4 Å². The molecule has 124 valence electrons. The maximum atomic E-state index is 12.0. The van der Waals surface area contributed by atoms with Gasteiger partial charge in [0.05, 0.1) is 0 Å². The predicted octanol–water partition coefficient (Wildman–Crippen LogP) is 0.341. The van der Waals surface area contributed by atoms with E-state index in [1.807, 2.05) is 0 Å². The SMILES string of the molecule is CC1(C)NC(=O)N(CCCC(=O)NC2CCCC2CN)C1=O. The van der Waals surface area contributed by atoms with Crippen LogP contribution >= 0.6 is 0 Å². The molecular weight excluding hydrogens is 284 g/mol. The monoisotopic (exact) mass is 310 g/mol. The quantitative estimate of drug-likeness (QED) is 0.615. The second kappa shape index (κ2) is 6.64. The lowest BCUT2D eigenvalue weighted by Crippen LogP contribution is -2.41. The molecule has 2 fully saturated rings. The number of imide groups is 1. The molecule has 1 saturated carbocycles. The Balaban J connectivity index is 1.73. The minimum atomic E-state index is -0.850. The van der Waals surface area contributed by atoms with Gasteiger partial charge in [-0.2, -0.15) is 0 Å². The second-order valence-corrected chi connectivity index (χ2v) is 6.72. The standard InChI is InChI=1S/C15H26N4O3/c1-15(2)13(21)19(14(22)18-15)8-4-7-12(20)17-11-6-3-5-10(11)9-16/h10-11H,3-9,16H2,1-2H3,(H,17,20)(H,18,22). The fourth-order valence-corrected chi connectivity index (χ4v) is 3.21. The van der Waals surface area contributed by atoms with E-state index in [0.717, 1.165) is 19.3 Å². The first kappa shape index (κ1) is 16.7. The van der Waals surface area contributed by atoms with Gasteiger partial charge in [-0.05, 0) is 45.6 Å². The van der Waals surface area contributed by atoms with Gasteiger partial charge in [0.1, 0.15) is 5.54 Å². The van der Waals surface area contributed by atoms with Crippen molar-refractivity contribution in [3.63, 3.8) is 0 Å². The van der Waals surface area contributed by atoms with Crippen molar-refractivity contribution in [2.45, 2.75) is 57.5 Å². The fourth-order valence-electron chi connectivity index (χ4n) is 3.21. The van der Waals surface area contributed by atoms with Crippen LogP contribution in [0.3, 0.4) is 0 Å². The number of nitrogens with one attached hydrogen (secondary N) is 2. The Morgan fingerprint density at radius 3 is 2.73 bits per heavy atom. The molecule has 0 aromatic carbocycles. The summed E-state index contributed by atoms with van der Waals surface area (Å²) in [7, 11) is 0. The van der Waals surface area contributed by atoms with Crippen LogP contribution in [0.25, 0.3) is 0 Å². The topological polar surface area (TPSA) is 105 Å². The summed E-state index contributed by atoms with van der Waals surface area (Å²) in [6.45, 7) is 4.22. The average molecular weight is 310 g/mol. The number of amides is 4. The van der Waals surface area contributed by atoms with Gasteiger partial charge in [-0.3, -0.25) is 14.5 Å². The molecule has 2 rings (SSSR count). The molecule has 0 aromatic rings. The Labute approximate surface area is 131 Å². The average Bonchev–Trinajstić information content (AvgIpc) is 2.96. The van der Waals surface area contributed by atoms with Crippen molar-refractivity contribution < 1.29 is 14.4 Å². The van der Waals surface area contributed by atoms with E-state index in [9.17, 15) is 14.4 Å². The third-order valence-corrected chi connectivity index (χ3v) is 4.54. The van der Waals surface area contributed by atoms with Crippen molar-refractivity contribution in [1.29, 1.82) is 0 Å². The van der Waals surface area contributed by atoms with Crippen LogP contribution in [0.4, 0.5) is 4.79 Å². The molecule has 1 aliphatic heterocycles. The van der Waals surface area contributed by atoms with Crippen molar-refractivity contribution in [3.05, 3.63) is 0 Å². The highest BCUT2D eigenvalue weighted by Crippen LogP contribution is 2.24. The van der Waals surface area contributed by atoms with Crippen LogP contribution in [0, 0.1) is 5.92 Å². The van der Waals surface area contributed by atoms with Gasteiger partial charge in [0.15, 0.2) is 0 Å². The summed E-state index contributed by atoms with van der Waals surface area (Å²) >= 11 is 0. The van der Waals surface area contributed by atoms with Crippen molar-refractivity contribution in [2.75, 3.05) is 13.1 Å². The molecule has 0 bridgehead atoms. The van der Waals surface area contributed by atoms with Crippen LogP contribution in [0.2, 0.25) is 0 Å². The predicted molar refractivity (Wildman–Crippen MR) is 81.9 cm³/mol. The van der Waals surface area contributed by atoms with E-state index in [-0.39, 0.29) is 30.4 Å². The number of carbonyl (C=O) groups is 3. The smallest absolute Gasteiger partial charge is 0.325 e. The van der Waals surface area contributed by atoms with E-state index < -0.39 is 5.54 Å². The summed E-state index contributed by atoms with van der Waals surface area (Å²) in [4.78, 5) is 36.9. The number of rotatable bonds is 6. The van der Waals surface area contributed by atoms with Gasteiger partial charge in [0, 0.05) is 19.0 Å². The molecule has 0 aromatic heterocycles. The van der Waals surface area contributed by atoms with E-state index in [0.29, 0.717) is 25.3 Å². The normalized spacial score (nSPS) is 27.1. The van der Waals surface area contributed by atoms with Gasteiger partial charge in [-0.25, -0.2) is 4.79 Å². The minimum absolute atomic E-state index is 0.0309. The van der Waals surface area contributed by atoms with E-state index in [4.69, 9.17) is 5.73 Å². The van der Waals surface area contributed by atoms with Crippen LogP contribution in [-0.2, 0) is 9.59 Å². The fraction of sp³-hybridized carbons (Fsp3) is 0.800. The summed E-state index contributed by atoms with van der Waals surface area (Å²) in [6.07, 6.45) is 3.94. The van der Waals surface area contributed by atoms with Crippen LogP contribution in [0.5, 0.6) is 0 Å². The molecule has 1 heterocycles. The molecule has 7 heteroatoms. The lowest BCUT2D eigenvalue weighted by atomic mass is 10.0. The summed E-state index contributed by atoms with van der Waals surface area (Å²) in [5.74, 6) is 0.101. The molecule has 1 saturated heterocycles. The number of hydrogen-bond acceptors (Lipinski definition) is 4. The molecule has 2 atom stereocenters.